The Morgan fingerprint density at radius 2 is 1.88 bits per heavy atom. The van der Waals surface area contributed by atoms with Gasteiger partial charge in [-0.25, -0.2) is 9.59 Å². The molecule has 11 nitrogen and oxygen atoms in total. The minimum absolute atomic E-state index is 0.135. The van der Waals surface area contributed by atoms with Crippen molar-refractivity contribution >= 4 is 29.8 Å². The summed E-state index contributed by atoms with van der Waals surface area (Å²) >= 11 is 6.01. The van der Waals surface area contributed by atoms with Gasteiger partial charge in [0, 0.05) is 10.7 Å². The molecule has 3 aromatic rings. The molecule has 0 spiro atoms. The summed E-state index contributed by atoms with van der Waals surface area (Å²) in [6.07, 6.45) is 0.442. The Kier molecular flexibility index (Phi) is 10.8. The lowest BCUT2D eigenvalue weighted by Gasteiger charge is -2.28. The first kappa shape index (κ1) is 31.2. The number of urea groups is 1. The van der Waals surface area contributed by atoms with Crippen LogP contribution in [-0.4, -0.2) is 49.9 Å². The molecule has 0 aromatic heterocycles. The molecule has 0 radical (unpaired) electrons. The summed E-state index contributed by atoms with van der Waals surface area (Å²) in [5.74, 6) is 0.873. The maximum Gasteiger partial charge on any atom is 0.337 e. The highest BCUT2D eigenvalue weighted by molar-refractivity contribution is 6.30. The predicted molar refractivity (Wildman–Crippen MR) is 161 cm³/mol. The van der Waals surface area contributed by atoms with Gasteiger partial charge < -0.3 is 34.7 Å². The number of amides is 2. The summed E-state index contributed by atoms with van der Waals surface area (Å²) in [5.41, 5.74) is 5.65. The number of rotatable bonds is 13. The third-order valence-electron chi connectivity index (χ3n) is 6.28. The highest BCUT2D eigenvalue weighted by Crippen LogP contribution is 2.35. The molecule has 43 heavy (non-hydrogen) atoms. The van der Waals surface area contributed by atoms with Crippen molar-refractivity contribution in [2.24, 2.45) is 5.10 Å². The zero-order chi connectivity index (χ0) is 30.8. The van der Waals surface area contributed by atoms with Gasteiger partial charge in [-0.2, -0.15) is 5.10 Å². The summed E-state index contributed by atoms with van der Waals surface area (Å²) in [4.78, 5) is 24.5. The Morgan fingerprint density at radius 3 is 2.60 bits per heavy atom. The average molecular weight is 609 g/mol. The van der Waals surface area contributed by atoms with Crippen molar-refractivity contribution < 1.29 is 33.6 Å². The predicted octanol–water partition coefficient (Wildman–Crippen LogP) is 4.44. The molecule has 1 heterocycles. The number of hydrogen-bond donors (Lipinski definition) is 4. The third kappa shape index (κ3) is 8.63. The number of benzene rings is 3. The largest absolute Gasteiger partial charge is 0.490 e. The molecular weight excluding hydrogens is 576 g/mol. The number of aliphatic hydroxyl groups is 1. The molecule has 0 bridgehead atoms. The fraction of sp³-hybridized carbons (Fsp3) is 0.258. The van der Waals surface area contributed by atoms with Crippen LogP contribution >= 0.6 is 11.6 Å². The Morgan fingerprint density at radius 1 is 1.09 bits per heavy atom. The van der Waals surface area contributed by atoms with E-state index in [0.29, 0.717) is 46.7 Å². The van der Waals surface area contributed by atoms with Gasteiger partial charge in [0.15, 0.2) is 17.7 Å². The van der Waals surface area contributed by atoms with Crippen molar-refractivity contribution in [2.75, 3.05) is 20.3 Å². The van der Waals surface area contributed by atoms with E-state index in [4.69, 9.17) is 30.5 Å². The molecular formula is C31H33ClN4O7. The molecule has 1 aliphatic heterocycles. The lowest BCUT2D eigenvalue weighted by atomic mass is 9.95. The number of aliphatic hydroxyl groups excluding tert-OH is 1. The molecule has 4 N–H and O–H groups in total. The highest BCUT2D eigenvalue weighted by atomic mass is 35.5. The summed E-state index contributed by atoms with van der Waals surface area (Å²) < 4.78 is 22.2. The topological polar surface area (TPSA) is 140 Å². The number of hydrazone groups is 1. The van der Waals surface area contributed by atoms with Gasteiger partial charge in [0.05, 0.1) is 31.5 Å². The van der Waals surface area contributed by atoms with E-state index < -0.39 is 24.3 Å². The fourth-order valence-corrected chi connectivity index (χ4v) is 4.48. The summed E-state index contributed by atoms with van der Waals surface area (Å²) in [5, 5.41) is 20.4. The number of methoxy groups -OCH3 is 1. The molecule has 0 fully saturated rings. The molecule has 2 amide bonds. The second-order valence-corrected chi connectivity index (χ2v) is 9.84. The van der Waals surface area contributed by atoms with E-state index in [2.05, 4.69) is 21.2 Å². The molecule has 0 saturated heterocycles. The molecule has 0 saturated carbocycles. The van der Waals surface area contributed by atoms with Crippen molar-refractivity contribution in [3.63, 3.8) is 0 Å². The van der Waals surface area contributed by atoms with Crippen LogP contribution in [0.15, 0.2) is 83.1 Å². The van der Waals surface area contributed by atoms with Crippen LogP contribution in [0.2, 0.25) is 5.02 Å². The number of hydrogen-bond acceptors (Lipinski definition) is 9. The monoisotopic (exact) mass is 608 g/mol. The number of carbonyl (C=O) groups is 2. The second-order valence-electron chi connectivity index (χ2n) is 9.40. The molecule has 2 atom stereocenters. The van der Waals surface area contributed by atoms with Gasteiger partial charge in [0.1, 0.15) is 19.0 Å². The smallest absolute Gasteiger partial charge is 0.337 e. The number of carbonyl (C=O) groups excluding carboxylic acids is 2. The molecule has 3 aromatic carbocycles. The quantitative estimate of drug-likeness (QED) is 0.0967. The standard InChI is InChI=1S/C31H33ClN4O7/c1-4-41-26-15-22(29-28(30(38)40-3)19(2)34-31(39)35-29)10-13-25(26)43-18-27(37)36-33-16-20-8-11-24(12-9-20)42-17-21-6-5-7-23(32)14-21/h5-16,27,29,36-37H,4,17-18H2,1-3H3,(H2,34,35,39)/b33-16+/t27-,29+/m0/s1. The van der Waals surface area contributed by atoms with Gasteiger partial charge in [-0.1, -0.05) is 29.8 Å². The van der Waals surface area contributed by atoms with Crippen LogP contribution in [0.3, 0.4) is 0 Å². The zero-order valence-corrected chi connectivity index (χ0v) is 24.7. The Hall–Kier alpha value is -4.74. The number of nitrogens with one attached hydrogen (secondary N) is 3. The molecule has 226 valence electrons. The van der Waals surface area contributed by atoms with Gasteiger partial charge in [-0.3, -0.25) is 5.43 Å². The van der Waals surface area contributed by atoms with Crippen molar-refractivity contribution in [1.29, 1.82) is 0 Å². The highest BCUT2D eigenvalue weighted by Gasteiger charge is 2.32. The van der Waals surface area contributed by atoms with Crippen LogP contribution in [0.1, 0.15) is 36.6 Å². The van der Waals surface area contributed by atoms with E-state index in [0.717, 1.165) is 11.1 Å². The van der Waals surface area contributed by atoms with Crippen LogP contribution in [0.5, 0.6) is 17.2 Å². The first-order chi connectivity index (χ1) is 20.8. The average Bonchev–Trinajstić information content (AvgIpc) is 2.99. The molecule has 4 rings (SSSR count). The Bertz CT molecular complexity index is 1490. The van der Waals surface area contributed by atoms with Crippen LogP contribution in [-0.2, 0) is 16.1 Å². The van der Waals surface area contributed by atoms with E-state index in [-0.39, 0.29) is 12.2 Å². The fourth-order valence-electron chi connectivity index (χ4n) is 4.26. The van der Waals surface area contributed by atoms with Gasteiger partial charge in [0.2, 0.25) is 0 Å². The SMILES string of the molecule is CCOc1cc([C@H]2NC(=O)NC(C)=C2C(=O)OC)ccc1OC[C@H](O)N/N=C/c1ccc(OCc2cccc(Cl)c2)cc1. The van der Waals surface area contributed by atoms with E-state index in [9.17, 15) is 14.7 Å². The maximum absolute atomic E-state index is 12.4. The van der Waals surface area contributed by atoms with Gasteiger partial charge in [-0.05, 0) is 79.1 Å². The summed E-state index contributed by atoms with van der Waals surface area (Å²) in [6.45, 7) is 4.05. The zero-order valence-electron chi connectivity index (χ0n) is 23.9. The van der Waals surface area contributed by atoms with E-state index in [1.165, 1.54) is 7.11 Å². The van der Waals surface area contributed by atoms with Crippen molar-refractivity contribution in [3.05, 3.63) is 99.7 Å². The van der Waals surface area contributed by atoms with Crippen molar-refractivity contribution in [3.8, 4) is 17.2 Å². The van der Waals surface area contributed by atoms with Crippen LogP contribution in [0, 0.1) is 0 Å². The lowest BCUT2D eigenvalue weighted by Crippen LogP contribution is -2.45. The number of nitrogens with zero attached hydrogens (tertiary/aromatic N) is 1. The Labute approximate surface area is 254 Å². The number of esters is 1. The second kappa shape index (κ2) is 14.9. The van der Waals surface area contributed by atoms with Crippen molar-refractivity contribution in [1.82, 2.24) is 16.1 Å². The number of allylic oxidation sites excluding steroid dienone is 1. The van der Waals surface area contributed by atoms with E-state index in [1.807, 2.05) is 55.5 Å². The maximum atomic E-state index is 12.4. The minimum Gasteiger partial charge on any atom is -0.490 e. The van der Waals surface area contributed by atoms with E-state index >= 15 is 0 Å². The van der Waals surface area contributed by atoms with Crippen LogP contribution in [0.25, 0.3) is 0 Å². The van der Waals surface area contributed by atoms with Gasteiger partial charge in [0.25, 0.3) is 0 Å². The number of ether oxygens (including phenoxy) is 4. The molecule has 12 heteroatoms. The Balaban J connectivity index is 1.32. The van der Waals surface area contributed by atoms with E-state index in [1.54, 1.807) is 31.3 Å². The summed E-state index contributed by atoms with van der Waals surface area (Å²) in [7, 11) is 1.28. The number of halogens is 1. The van der Waals surface area contributed by atoms with Crippen LogP contribution in [0.4, 0.5) is 4.79 Å². The first-order valence-corrected chi connectivity index (χ1v) is 13.8. The van der Waals surface area contributed by atoms with Crippen molar-refractivity contribution in [2.45, 2.75) is 32.7 Å². The third-order valence-corrected chi connectivity index (χ3v) is 6.52. The minimum atomic E-state index is -1.12. The lowest BCUT2D eigenvalue weighted by molar-refractivity contribution is -0.136. The molecule has 0 unspecified atom stereocenters. The van der Waals surface area contributed by atoms with Gasteiger partial charge >= 0.3 is 12.0 Å². The first-order valence-electron chi connectivity index (χ1n) is 13.5. The normalized spacial score (nSPS) is 15.4. The molecule has 0 aliphatic carbocycles. The molecule has 1 aliphatic rings. The summed E-state index contributed by atoms with van der Waals surface area (Å²) in [6, 6.07) is 18.6. The van der Waals surface area contributed by atoms with Gasteiger partial charge in [-0.15, -0.1) is 0 Å². The van der Waals surface area contributed by atoms with Crippen LogP contribution < -0.4 is 30.3 Å².